The van der Waals surface area contributed by atoms with E-state index in [4.69, 9.17) is 0 Å². The molecule has 1 rings (SSSR count). The van der Waals surface area contributed by atoms with Gasteiger partial charge in [0.1, 0.15) is 0 Å². The molecule has 0 amide bonds. The van der Waals surface area contributed by atoms with Crippen molar-refractivity contribution in [2.75, 3.05) is 6.54 Å². The topological polar surface area (TPSA) is 12.0 Å². The second-order valence-electron chi connectivity index (χ2n) is 3.88. The van der Waals surface area contributed by atoms with Gasteiger partial charge in [0.25, 0.3) is 0 Å². The summed E-state index contributed by atoms with van der Waals surface area (Å²) in [7, 11) is 0. The summed E-state index contributed by atoms with van der Waals surface area (Å²) in [5, 5.41) is 3.48. The third kappa shape index (κ3) is 2.55. The van der Waals surface area contributed by atoms with E-state index in [2.05, 4.69) is 31.0 Å². The van der Waals surface area contributed by atoms with Gasteiger partial charge in [0, 0.05) is 19.0 Å². The van der Waals surface area contributed by atoms with Crippen LogP contribution in [0.5, 0.6) is 0 Å². The monoisotopic (exact) mass is 151 g/mol. The van der Waals surface area contributed by atoms with Crippen LogP contribution >= 0.6 is 0 Å². The van der Waals surface area contributed by atoms with Gasteiger partial charge in [-0.2, -0.15) is 0 Å². The van der Waals surface area contributed by atoms with E-state index in [1.54, 1.807) is 0 Å². The van der Waals surface area contributed by atoms with E-state index in [0.29, 0.717) is 5.41 Å². The molecule has 11 heavy (non-hydrogen) atoms. The molecular weight excluding hydrogens is 134 g/mol. The molecule has 0 aromatic heterocycles. The summed E-state index contributed by atoms with van der Waals surface area (Å²) in [6.07, 6.45) is 2.32. The molecule has 1 atom stereocenters. The van der Waals surface area contributed by atoms with Gasteiger partial charge < -0.3 is 5.32 Å². The molecule has 1 N–H and O–H groups in total. The highest BCUT2D eigenvalue weighted by Gasteiger charge is 2.44. The molecule has 0 spiro atoms. The Balaban J connectivity index is 2.01. The van der Waals surface area contributed by atoms with Crippen molar-refractivity contribution in [2.24, 2.45) is 5.41 Å². The van der Waals surface area contributed by atoms with Crippen LogP contribution in [0.25, 0.3) is 0 Å². The van der Waals surface area contributed by atoms with Crippen molar-refractivity contribution in [2.45, 2.75) is 39.7 Å². The first-order valence-electron chi connectivity index (χ1n) is 4.30. The smallest absolute Gasteiger partial charge is 0.0214 e. The lowest BCUT2D eigenvalue weighted by molar-refractivity contribution is 0.547. The summed E-state index contributed by atoms with van der Waals surface area (Å²) >= 11 is 0. The minimum atomic E-state index is 0.555. The van der Waals surface area contributed by atoms with Crippen LogP contribution in [0.15, 0.2) is 0 Å². The number of nitrogens with one attached hydrogen (secondary N) is 1. The first-order valence-corrected chi connectivity index (χ1v) is 4.30. The van der Waals surface area contributed by atoms with Crippen LogP contribution in [0.2, 0.25) is 0 Å². The van der Waals surface area contributed by atoms with Gasteiger partial charge in [0.05, 0.1) is 0 Å². The quantitative estimate of drug-likeness (QED) is 0.479. The maximum Gasteiger partial charge on any atom is 0.0214 e. The lowest BCUT2D eigenvalue weighted by Crippen LogP contribution is -2.21. The fourth-order valence-corrected chi connectivity index (χ4v) is 1.25. The Morgan fingerprint density at radius 3 is 2.64 bits per heavy atom. The van der Waals surface area contributed by atoms with E-state index < -0.39 is 0 Å². The summed E-state index contributed by atoms with van der Waals surface area (Å²) in [4.78, 5) is 0. The zero-order chi connectivity index (χ0) is 8.32. The molecule has 1 aliphatic carbocycles. The summed E-state index contributed by atoms with van der Waals surface area (Å²) in [6.45, 7) is 7.54. The Morgan fingerprint density at radius 2 is 2.18 bits per heavy atom. The number of hydrogen-bond acceptors (Lipinski definition) is 1. The average Bonchev–Trinajstić information content (AvgIpc) is 2.52. The fraction of sp³-hybridized carbons (Fsp3) is 0.800. The Kier molecular flexibility index (Phi) is 2.57. The molecule has 1 aliphatic rings. The van der Waals surface area contributed by atoms with Gasteiger partial charge in [-0.3, -0.25) is 0 Å². The van der Waals surface area contributed by atoms with Crippen LogP contribution in [0.4, 0.5) is 0 Å². The molecule has 0 bridgehead atoms. The van der Waals surface area contributed by atoms with Gasteiger partial charge >= 0.3 is 0 Å². The van der Waals surface area contributed by atoms with Crippen molar-refractivity contribution in [3.8, 4) is 11.8 Å². The lowest BCUT2D eigenvalue weighted by Gasteiger charge is -2.03. The van der Waals surface area contributed by atoms with Crippen molar-refractivity contribution < 1.29 is 0 Å². The van der Waals surface area contributed by atoms with E-state index in [1.165, 1.54) is 6.42 Å². The highest BCUT2D eigenvalue weighted by atomic mass is 15.0. The van der Waals surface area contributed by atoms with Crippen molar-refractivity contribution in [3.05, 3.63) is 0 Å². The SMILES string of the molecule is CC#CCCNC1CC1(C)C. The predicted molar refractivity (Wildman–Crippen MR) is 48.3 cm³/mol. The normalized spacial score (nSPS) is 25.5. The first kappa shape index (κ1) is 8.62. The molecule has 0 aliphatic heterocycles. The average molecular weight is 151 g/mol. The van der Waals surface area contributed by atoms with Crippen LogP contribution in [0, 0.1) is 17.3 Å². The summed E-state index contributed by atoms with van der Waals surface area (Å²) in [5.41, 5.74) is 0.555. The van der Waals surface area contributed by atoms with Crippen LogP contribution in [-0.4, -0.2) is 12.6 Å². The highest BCUT2D eigenvalue weighted by molar-refractivity contribution is 5.02. The maximum atomic E-state index is 3.48. The fourth-order valence-electron chi connectivity index (χ4n) is 1.25. The minimum Gasteiger partial charge on any atom is -0.312 e. The molecule has 1 heteroatoms. The van der Waals surface area contributed by atoms with E-state index in [1.807, 2.05) is 6.92 Å². The Hall–Kier alpha value is -0.480. The zero-order valence-electron chi connectivity index (χ0n) is 7.70. The molecule has 62 valence electrons. The minimum absolute atomic E-state index is 0.555. The highest BCUT2D eigenvalue weighted by Crippen LogP contribution is 2.44. The molecule has 1 nitrogen and oxygen atoms in total. The molecule has 1 saturated carbocycles. The van der Waals surface area contributed by atoms with Crippen molar-refractivity contribution in [1.29, 1.82) is 0 Å². The Bertz CT molecular complexity index is 183. The van der Waals surface area contributed by atoms with Gasteiger partial charge in [-0.15, -0.1) is 11.8 Å². The predicted octanol–water partition coefficient (Wildman–Crippen LogP) is 1.79. The third-order valence-corrected chi connectivity index (χ3v) is 2.33. The van der Waals surface area contributed by atoms with E-state index >= 15 is 0 Å². The van der Waals surface area contributed by atoms with Crippen molar-refractivity contribution in [1.82, 2.24) is 5.32 Å². The molecule has 0 aromatic rings. The summed E-state index contributed by atoms with van der Waals surface area (Å²) in [5.74, 6) is 5.94. The van der Waals surface area contributed by atoms with Gasteiger partial charge in [-0.1, -0.05) is 13.8 Å². The Labute approximate surface area is 69.6 Å². The molecule has 0 radical (unpaired) electrons. The second kappa shape index (κ2) is 3.28. The molecule has 0 heterocycles. The van der Waals surface area contributed by atoms with Crippen LogP contribution in [-0.2, 0) is 0 Å². The van der Waals surface area contributed by atoms with Crippen LogP contribution in [0.1, 0.15) is 33.6 Å². The molecular formula is C10H17N. The molecule has 0 saturated heterocycles. The zero-order valence-corrected chi connectivity index (χ0v) is 7.70. The van der Waals surface area contributed by atoms with E-state index in [9.17, 15) is 0 Å². The summed E-state index contributed by atoms with van der Waals surface area (Å²) < 4.78 is 0. The van der Waals surface area contributed by atoms with Gasteiger partial charge in [0.15, 0.2) is 0 Å². The molecule has 0 aromatic carbocycles. The van der Waals surface area contributed by atoms with E-state index in [-0.39, 0.29) is 0 Å². The third-order valence-electron chi connectivity index (χ3n) is 2.33. The van der Waals surface area contributed by atoms with E-state index in [0.717, 1.165) is 19.0 Å². The Morgan fingerprint density at radius 1 is 1.55 bits per heavy atom. The van der Waals surface area contributed by atoms with Gasteiger partial charge in [0.2, 0.25) is 0 Å². The van der Waals surface area contributed by atoms with Gasteiger partial charge in [-0.05, 0) is 18.8 Å². The lowest BCUT2D eigenvalue weighted by atomic mass is 10.2. The van der Waals surface area contributed by atoms with Gasteiger partial charge in [-0.25, -0.2) is 0 Å². The first-order chi connectivity index (χ1) is 5.17. The summed E-state index contributed by atoms with van der Waals surface area (Å²) in [6, 6.07) is 0.751. The largest absolute Gasteiger partial charge is 0.312 e. The second-order valence-corrected chi connectivity index (χ2v) is 3.88. The molecule has 1 unspecified atom stereocenters. The maximum absolute atomic E-state index is 3.48. The standard InChI is InChI=1S/C10H17N/c1-4-5-6-7-11-9-8-10(9,2)3/h9,11H,6-8H2,1-3H3. The van der Waals surface area contributed by atoms with Crippen molar-refractivity contribution in [3.63, 3.8) is 0 Å². The van der Waals surface area contributed by atoms with Crippen molar-refractivity contribution >= 4 is 0 Å². The van der Waals surface area contributed by atoms with Crippen LogP contribution in [0.3, 0.4) is 0 Å². The number of rotatable bonds is 3. The molecule has 1 fully saturated rings. The number of hydrogen-bond donors (Lipinski definition) is 1. The van der Waals surface area contributed by atoms with Crippen LogP contribution < -0.4 is 5.32 Å².